The lowest BCUT2D eigenvalue weighted by molar-refractivity contribution is -0.121. The van der Waals surface area contributed by atoms with Crippen molar-refractivity contribution in [3.8, 4) is 0 Å². The molecule has 2 rings (SSSR count). The highest BCUT2D eigenvalue weighted by Gasteiger charge is 2.23. The molecule has 0 bridgehead atoms. The van der Waals surface area contributed by atoms with Crippen LogP contribution in [-0.4, -0.2) is 22.6 Å². The monoisotopic (exact) mass is 292 g/mol. The molecule has 1 aromatic rings. The van der Waals surface area contributed by atoms with Gasteiger partial charge < -0.3 is 10.6 Å². The molecule has 1 heterocycles. The number of hydrogen-bond donors (Lipinski definition) is 2. The van der Waals surface area contributed by atoms with E-state index in [2.05, 4.69) is 10.6 Å². The Kier molecular flexibility index (Phi) is 4.09. The first-order chi connectivity index (χ1) is 9.24. The molecule has 0 saturated carbocycles. The van der Waals surface area contributed by atoms with Gasteiger partial charge >= 0.3 is 0 Å². The number of benzene rings is 1. The van der Waals surface area contributed by atoms with E-state index in [1.54, 1.807) is 11.8 Å². The van der Waals surface area contributed by atoms with Crippen molar-refractivity contribution in [2.24, 2.45) is 0 Å². The normalized spacial score (nSPS) is 18.2. The number of rotatable bonds is 2. The van der Waals surface area contributed by atoms with Crippen LogP contribution >= 0.6 is 11.8 Å². The van der Waals surface area contributed by atoms with Gasteiger partial charge in [0.2, 0.25) is 11.8 Å². The second-order valence-electron chi connectivity index (χ2n) is 6.05. The molecular weight excluding hydrogens is 272 g/mol. The van der Waals surface area contributed by atoms with Crippen molar-refractivity contribution >= 4 is 29.3 Å². The Balaban J connectivity index is 2.10. The van der Waals surface area contributed by atoms with Gasteiger partial charge in [-0.1, -0.05) is 6.07 Å². The Morgan fingerprint density at radius 1 is 1.40 bits per heavy atom. The van der Waals surface area contributed by atoms with Crippen molar-refractivity contribution in [1.29, 1.82) is 0 Å². The molecule has 20 heavy (non-hydrogen) atoms. The molecule has 0 saturated heterocycles. The molecule has 1 aliphatic rings. The van der Waals surface area contributed by atoms with Gasteiger partial charge in [-0.2, -0.15) is 0 Å². The Morgan fingerprint density at radius 3 is 2.75 bits per heavy atom. The topological polar surface area (TPSA) is 58.2 Å². The molecule has 2 amide bonds. The summed E-state index contributed by atoms with van der Waals surface area (Å²) >= 11 is 1.54. The van der Waals surface area contributed by atoms with E-state index in [0.29, 0.717) is 6.42 Å². The van der Waals surface area contributed by atoms with Gasteiger partial charge in [-0.3, -0.25) is 9.59 Å². The average molecular weight is 292 g/mol. The molecule has 0 fully saturated rings. The maximum atomic E-state index is 11.9. The number of thioether (sulfide) groups is 1. The maximum absolute atomic E-state index is 11.9. The number of anilines is 1. The van der Waals surface area contributed by atoms with E-state index in [4.69, 9.17) is 0 Å². The number of nitrogens with one attached hydrogen (secondary N) is 2. The van der Waals surface area contributed by atoms with Crippen molar-refractivity contribution in [1.82, 2.24) is 5.32 Å². The molecule has 0 radical (unpaired) electrons. The molecule has 2 N–H and O–H groups in total. The van der Waals surface area contributed by atoms with Gasteiger partial charge in [0.25, 0.3) is 0 Å². The van der Waals surface area contributed by atoms with Crippen LogP contribution in [0.25, 0.3) is 0 Å². The first-order valence-electron chi connectivity index (χ1n) is 6.66. The van der Waals surface area contributed by atoms with E-state index < -0.39 is 0 Å². The van der Waals surface area contributed by atoms with Crippen LogP contribution < -0.4 is 10.6 Å². The zero-order valence-electron chi connectivity index (χ0n) is 12.2. The van der Waals surface area contributed by atoms with E-state index in [9.17, 15) is 9.59 Å². The smallest absolute Gasteiger partial charge is 0.237 e. The first kappa shape index (κ1) is 14.9. The van der Waals surface area contributed by atoms with E-state index in [-0.39, 0.29) is 22.6 Å². The van der Waals surface area contributed by atoms with Crippen molar-refractivity contribution in [2.75, 3.05) is 5.32 Å². The number of carbonyl (C=O) groups excluding carboxylic acids is 2. The minimum Gasteiger partial charge on any atom is -0.351 e. The maximum Gasteiger partial charge on any atom is 0.237 e. The second-order valence-corrected chi connectivity index (χ2v) is 7.44. The Hall–Kier alpha value is -1.49. The van der Waals surface area contributed by atoms with Crippen LogP contribution in [0.5, 0.6) is 0 Å². The SMILES string of the molecule is CC1Sc2ccc(CC(=O)NC(C)(C)C)cc2NC1=O. The lowest BCUT2D eigenvalue weighted by atomic mass is 10.1. The minimum absolute atomic E-state index is 0.0128. The molecule has 0 aromatic heterocycles. The van der Waals surface area contributed by atoms with E-state index >= 15 is 0 Å². The summed E-state index contributed by atoms with van der Waals surface area (Å²) in [6.07, 6.45) is 0.320. The molecule has 5 heteroatoms. The molecule has 4 nitrogen and oxygen atoms in total. The summed E-state index contributed by atoms with van der Waals surface area (Å²) in [5.41, 5.74) is 1.48. The predicted octanol–water partition coefficient (Wildman–Crippen LogP) is 2.58. The molecule has 108 valence electrons. The van der Waals surface area contributed by atoms with Gasteiger partial charge in [0.05, 0.1) is 17.4 Å². The fraction of sp³-hybridized carbons (Fsp3) is 0.467. The molecule has 0 aliphatic carbocycles. The lowest BCUT2D eigenvalue weighted by Gasteiger charge is -2.23. The standard InChI is InChI=1S/C15H20N2O2S/c1-9-14(19)16-11-7-10(5-6-12(11)20-9)8-13(18)17-15(2,3)4/h5-7,9H,8H2,1-4H3,(H,16,19)(H,17,18). The summed E-state index contributed by atoms with van der Waals surface area (Å²) in [4.78, 5) is 24.6. The van der Waals surface area contributed by atoms with Gasteiger partial charge in [0.1, 0.15) is 0 Å². The number of hydrogen-bond acceptors (Lipinski definition) is 3. The fourth-order valence-corrected chi connectivity index (χ4v) is 2.94. The zero-order chi connectivity index (χ0) is 14.9. The summed E-state index contributed by atoms with van der Waals surface area (Å²) in [5.74, 6) is -0.000555. The molecular formula is C15H20N2O2S. The van der Waals surface area contributed by atoms with Crippen LogP contribution in [0, 0.1) is 0 Å². The van der Waals surface area contributed by atoms with Crippen LogP contribution in [0.1, 0.15) is 33.3 Å². The summed E-state index contributed by atoms with van der Waals surface area (Å²) in [6, 6.07) is 5.79. The van der Waals surface area contributed by atoms with Gasteiger partial charge in [-0.25, -0.2) is 0 Å². The number of fused-ring (bicyclic) bond motifs is 1. The van der Waals surface area contributed by atoms with Crippen molar-refractivity contribution < 1.29 is 9.59 Å². The fourth-order valence-electron chi connectivity index (χ4n) is 2.01. The van der Waals surface area contributed by atoms with Crippen molar-refractivity contribution in [3.63, 3.8) is 0 Å². The van der Waals surface area contributed by atoms with Crippen LogP contribution in [0.3, 0.4) is 0 Å². The van der Waals surface area contributed by atoms with Gasteiger partial charge in [-0.15, -0.1) is 11.8 Å². The molecule has 0 spiro atoms. The summed E-state index contributed by atoms with van der Waals surface area (Å²) in [5, 5.41) is 5.74. The van der Waals surface area contributed by atoms with Crippen LogP contribution in [0.4, 0.5) is 5.69 Å². The predicted molar refractivity (Wildman–Crippen MR) is 82.0 cm³/mol. The first-order valence-corrected chi connectivity index (χ1v) is 7.54. The highest BCUT2D eigenvalue weighted by molar-refractivity contribution is 8.00. The molecule has 1 unspecified atom stereocenters. The number of carbonyl (C=O) groups is 2. The third-order valence-electron chi connectivity index (χ3n) is 2.85. The summed E-state index contributed by atoms with van der Waals surface area (Å²) < 4.78 is 0. The van der Waals surface area contributed by atoms with Crippen LogP contribution in [0.2, 0.25) is 0 Å². The Morgan fingerprint density at radius 2 is 2.10 bits per heavy atom. The molecule has 1 aliphatic heterocycles. The van der Waals surface area contributed by atoms with Crippen molar-refractivity contribution in [3.05, 3.63) is 23.8 Å². The Labute approximate surface area is 123 Å². The highest BCUT2D eigenvalue weighted by atomic mass is 32.2. The average Bonchev–Trinajstić information content (AvgIpc) is 2.28. The second kappa shape index (κ2) is 5.48. The molecule has 1 atom stereocenters. The van der Waals surface area contributed by atoms with E-state index in [1.165, 1.54) is 0 Å². The summed E-state index contributed by atoms with van der Waals surface area (Å²) in [7, 11) is 0. The minimum atomic E-state index is -0.231. The van der Waals surface area contributed by atoms with Gasteiger partial charge in [-0.05, 0) is 45.4 Å². The highest BCUT2D eigenvalue weighted by Crippen LogP contribution is 2.35. The lowest BCUT2D eigenvalue weighted by Crippen LogP contribution is -2.41. The Bertz CT molecular complexity index is 549. The quantitative estimate of drug-likeness (QED) is 0.881. The third-order valence-corrected chi connectivity index (χ3v) is 4.03. The van der Waals surface area contributed by atoms with E-state index in [0.717, 1.165) is 16.1 Å². The van der Waals surface area contributed by atoms with Gasteiger partial charge in [0.15, 0.2) is 0 Å². The van der Waals surface area contributed by atoms with Crippen LogP contribution in [0.15, 0.2) is 23.1 Å². The van der Waals surface area contributed by atoms with Crippen molar-refractivity contribution in [2.45, 2.75) is 49.8 Å². The van der Waals surface area contributed by atoms with Crippen LogP contribution in [-0.2, 0) is 16.0 Å². The third kappa shape index (κ3) is 3.76. The molecule has 1 aromatic carbocycles. The van der Waals surface area contributed by atoms with Gasteiger partial charge in [0, 0.05) is 10.4 Å². The zero-order valence-corrected chi connectivity index (χ0v) is 13.1. The summed E-state index contributed by atoms with van der Waals surface area (Å²) in [6.45, 7) is 7.75. The largest absolute Gasteiger partial charge is 0.351 e. The number of amides is 2. The van der Waals surface area contributed by atoms with E-state index in [1.807, 2.05) is 45.9 Å².